The predicted molar refractivity (Wildman–Crippen MR) is 90.9 cm³/mol. The number of hydrogen-bond acceptors (Lipinski definition) is 3. The maximum absolute atomic E-state index is 5.26. The van der Waals surface area contributed by atoms with E-state index in [-0.39, 0.29) is 0 Å². The van der Waals surface area contributed by atoms with Crippen molar-refractivity contribution >= 4 is 15.9 Å². The Kier molecular flexibility index (Phi) is 13.3. The van der Waals surface area contributed by atoms with E-state index in [1.807, 2.05) is 0 Å². The number of rotatable bonds is 14. The molecule has 122 valence electrons. The number of methoxy groups -OCH3 is 2. The maximum atomic E-state index is 5.26. The topological polar surface area (TPSA) is 21.7 Å². The lowest BCUT2D eigenvalue weighted by Gasteiger charge is -2.37. The van der Waals surface area contributed by atoms with Crippen molar-refractivity contribution in [1.29, 1.82) is 0 Å². The van der Waals surface area contributed by atoms with Crippen LogP contribution in [0.1, 0.15) is 46.0 Å². The third kappa shape index (κ3) is 8.60. The highest BCUT2D eigenvalue weighted by atomic mass is 79.9. The molecule has 0 N–H and O–H groups in total. The highest BCUT2D eigenvalue weighted by Gasteiger charge is 2.29. The molecular weight excluding hydrogens is 318 g/mol. The predicted octanol–water partition coefficient (Wildman–Crippen LogP) is 3.95. The van der Waals surface area contributed by atoms with Crippen LogP contribution in [0.2, 0.25) is 0 Å². The van der Waals surface area contributed by atoms with Gasteiger partial charge in [0.05, 0.1) is 6.61 Å². The Morgan fingerprint density at radius 3 is 2.00 bits per heavy atom. The Hall–Kier alpha value is 0.360. The SMILES string of the molecule is CCCC(CBr)(CCC)CN(CCCOC)CCOC. The zero-order chi connectivity index (χ0) is 15.3. The van der Waals surface area contributed by atoms with Crippen LogP contribution < -0.4 is 0 Å². The van der Waals surface area contributed by atoms with Crippen molar-refractivity contribution in [3.8, 4) is 0 Å². The van der Waals surface area contributed by atoms with E-state index in [0.29, 0.717) is 5.41 Å². The van der Waals surface area contributed by atoms with Gasteiger partial charge < -0.3 is 14.4 Å². The first-order valence-electron chi connectivity index (χ1n) is 7.94. The molecule has 0 saturated carbocycles. The molecule has 3 nitrogen and oxygen atoms in total. The van der Waals surface area contributed by atoms with Crippen molar-refractivity contribution in [2.45, 2.75) is 46.0 Å². The van der Waals surface area contributed by atoms with E-state index < -0.39 is 0 Å². The summed E-state index contributed by atoms with van der Waals surface area (Å²) in [4.78, 5) is 2.55. The summed E-state index contributed by atoms with van der Waals surface area (Å²) in [5.74, 6) is 0. The van der Waals surface area contributed by atoms with Crippen LogP contribution in [0.25, 0.3) is 0 Å². The lowest BCUT2D eigenvalue weighted by atomic mass is 9.80. The monoisotopic (exact) mass is 351 g/mol. The van der Waals surface area contributed by atoms with Gasteiger partial charge in [-0.2, -0.15) is 0 Å². The summed E-state index contributed by atoms with van der Waals surface area (Å²) in [5, 5.41) is 1.09. The van der Waals surface area contributed by atoms with Crippen LogP contribution in [0, 0.1) is 5.41 Å². The number of hydrogen-bond donors (Lipinski definition) is 0. The summed E-state index contributed by atoms with van der Waals surface area (Å²) in [6, 6.07) is 0. The second-order valence-electron chi connectivity index (χ2n) is 5.75. The molecule has 0 aliphatic rings. The van der Waals surface area contributed by atoms with Crippen molar-refractivity contribution in [3.63, 3.8) is 0 Å². The van der Waals surface area contributed by atoms with Gasteiger partial charge in [0, 0.05) is 45.8 Å². The molecule has 0 amide bonds. The van der Waals surface area contributed by atoms with Crippen LogP contribution in [-0.2, 0) is 9.47 Å². The molecule has 0 unspecified atom stereocenters. The van der Waals surface area contributed by atoms with Gasteiger partial charge >= 0.3 is 0 Å². The van der Waals surface area contributed by atoms with Gasteiger partial charge in [-0.15, -0.1) is 0 Å². The summed E-state index contributed by atoms with van der Waals surface area (Å²) >= 11 is 3.77. The molecule has 0 rings (SSSR count). The number of ether oxygens (including phenoxy) is 2. The van der Waals surface area contributed by atoms with Crippen molar-refractivity contribution in [3.05, 3.63) is 0 Å². The normalized spacial score (nSPS) is 12.3. The van der Waals surface area contributed by atoms with Crippen LogP contribution >= 0.6 is 15.9 Å². The van der Waals surface area contributed by atoms with Crippen LogP contribution in [0.15, 0.2) is 0 Å². The molecule has 0 aromatic carbocycles. The van der Waals surface area contributed by atoms with Gasteiger partial charge in [0.25, 0.3) is 0 Å². The zero-order valence-corrected chi connectivity index (χ0v) is 15.5. The van der Waals surface area contributed by atoms with Crippen LogP contribution in [-0.4, -0.2) is 57.3 Å². The minimum atomic E-state index is 0.407. The van der Waals surface area contributed by atoms with Gasteiger partial charge in [-0.25, -0.2) is 0 Å². The minimum absolute atomic E-state index is 0.407. The Morgan fingerprint density at radius 2 is 1.55 bits per heavy atom. The largest absolute Gasteiger partial charge is 0.385 e. The highest BCUT2D eigenvalue weighted by Crippen LogP contribution is 2.33. The van der Waals surface area contributed by atoms with E-state index in [4.69, 9.17) is 9.47 Å². The first-order valence-corrected chi connectivity index (χ1v) is 9.06. The molecule has 4 heteroatoms. The van der Waals surface area contributed by atoms with Crippen LogP contribution in [0.3, 0.4) is 0 Å². The minimum Gasteiger partial charge on any atom is -0.385 e. The molecule has 0 fully saturated rings. The standard InChI is InChI=1S/C16H34BrNO2/c1-5-8-16(14-17,9-6-2)15-18(11-13-20-4)10-7-12-19-3/h5-15H2,1-4H3. The van der Waals surface area contributed by atoms with E-state index in [0.717, 1.165) is 44.6 Å². The van der Waals surface area contributed by atoms with Gasteiger partial charge in [0.15, 0.2) is 0 Å². The van der Waals surface area contributed by atoms with Crippen LogP contribution in [0.4, 0.5) is 0 Å². The molecule has 0 aromatic heterocycles. The van der Waals surface area contributed by atoms with Gasteiger partial charge in [-0.05, 0) is 24.7 Å². The van der Waals surface area contributed by atoms with Gasteiger partial charge in [-0.1, -0.05) is 42.6 Å². The van der Waals surface area contributed by atoms with E-state index in [9.17, 15) is 0 Å². The maximum Gasteiger partial charge on any atom is 0.0589 e. The molecule has 0 aliphatic carbocycles. The molecule has 0 aromatic rings. The van der Waals surface area contributed by atoms with Crippen molar-refractivity contribution in [1.82, 2.24) is 4.90 Å². The zero-order valence-electron chi connectivity index (χ0n) is 13.9. The summed E-state index contributed by atoms with van der Waals surface area (Å²) in [6.07, 6.45) is 6.18. The quantitative estimate of drug-likeness (QED) is 0.349. The van der Waals surface area contributed by atoms with E-state index in [2.05, 4.69) is 34.7 Å². The summed E-state index contributed by atoms with van der Waals surface area (Å²) in [5.41, 5.74) is 0.407. The highest BCUT2D eigenvalue weighted by molar-refractivity contribution is 9.09. The molecule has 0 bridgehead atoms. The first-order chi connectivity index (χ1) is 9.67. The van der Waals surface area contributed by atoms with E-state index >= 15 is 0 Å². The molecule has 0 spiro atoms. The van der Waals surface area contributed by atoms with Crippen molar-refractivity contribution in [2.24, 2.45) is 5.41 Å². The summed E-state index contributed by atoms with van der Waals surface area (Å²) < 4.78 is 10.4. The Balaban J connectivity index is 4.57. The Bertz CT molecular complexity index is 209. The molecule has 0 saturated heterocycles. The molecule has 0 aliphatic heterocycles. The number of nitrogens with zero attached hydrogens (tertiary/aromatic N) is 1. The summed E-state index contributed by atoms with van der Waals surface area (Å²) in [6.45, 7) is 9.50. The van der Waals surface area contributed by atoms with Gasteiger partial charge in [0.1, 0.15) is 0 Å². The summed E-state index contributed by atoms with van der Waals surface area (Å²) in [7, 11) is 3.56. The number of halogens is 1. The second-order valence-corrected chi connectivity index (χ2v) is 6.31. The molecule has 20 heavy (non-hydrogen) atoms. The smallest absolute Gasteiger partial charge is 0.0589 e. The van der Waals surface area contributed by atoms with E-state index in [1.54, 1.807) is 14.2 Å². The molecule has 0 heterocycles. The lowest BCUT2D eigenvalue weighted by Crippen LogP contribution is -2.41. The fourth-order valence-corrected chi connectivity index (χ4v) is 3.65. The van der Waals surface area contributed by atoms with Crippen molar-refractivity contribution < 1.29 is 9.47 Å². The van der Waals surface area contributed by atoms with Gasteiger partial charge in [-0.3, -0.25) is 0 Å². The second kappa shape index (κ2) is 13.1. The van der Waals surface area contributed by atoms with Crippen LogP contribution in [0.5, 0.6) is 0 Å². The van der Waals surface area contributed by atoms with E-state index in [1.165, 1.54) is 25.7 Å². The first kappa shape index (κ1) is 20.4. The average Bonchev–Trinajstić information content (AvgIpc) is 2.45. The molecule has 0 atom stereocenters. The fourth-order valence-electron chi connectivity index (χ4n) is 2.92. The third-order valence-corrected chi connectivity index (χ3v) is 5.03. The fraction of sp³-hybridized carbons (Fsp3) is 1.00. The lowest BCUT2D eigenvalue weighted by molar-refractivity contribution is 0.0945. The molecular formula is C16H34BrNO2. The molecule has 0 radical (unpaired) electrons. The van der Waals surface area contributed by atoms with Gasteiger partial charge in [0.2, 0.25) is 0 Å². The average molecular weight is 352 g/mol. The van der Waals surface area contributed by atoms with Crippen molar-refractivity contribution in [2.75, 3.05) is 52.4 Å². The Labute approximate surface area is 134 Å². The Morgan fingerprint density at radius 1 is 0.950 bits per heavy atom. The number of alkyl halides is 1. The third-order valence-electron chi connectivity index (χ3n) is 3.84.